The van der Waals surface area contributed by atoms with Crippen LogP contribution in [0.5, 0.6) is 11.5 Å². The Morgan fingerprint density at radius 1 is 1.20 bits per heavy atom. The van der Waals surface area contributed by atoms with Crippen LogP contribution in [0.25, 0.3) is 6.08 Å². The lowest BCUT2D eigenvalue weighted by Crippen LogP contribution is -2.52. The summed E-state index contributed by atoms with van der Waals surface area (Å²) in [6.07, 6.45) is 1.49. The maximum absolute atomic E-state index is 13.1. The number of rotatable bonds is 6. The predicted octanol–water partition coefficient (Wildman–Crippen LogP) is 3.66. The summed E-state index contributed by atoms with van der Waals surface area (Å²) in [6.45, 7) is 2.48. The van der Waals surface area contributed by atoms with Crippen LogP contribution >= 0.6 is 34.8 Å². The Kier molecular flexibility index (Phi) is 7.03. The highest BCUT2D eigenvalue weighted by molar-refractivity contribution is 14.1. The summed E-state index contributed by atoms with van der Waals surface area (Å²) in [6, 6.07) is 9.52. The van der Waals surface area contributed by atoms with Gasteiger partial charge in [-0.2, -0.15) is 0 Å². The van der Waals surface area contributed by atoms with E-state index in [1.54, 1.807) is 24.3 Å². The molecule has 3 rings (SSSR count). The van der Waals surface area contributed by atoms with Crippen LogP contribution in [0, 0.1) is 9.39 Å². The minimum absolute atomic E-state index is 0.0238. The number of hydrogen-bond donors (Lipinski definition) is 1. The van der Waals surface area contributed by atoms with Gasteiger partial charge in [-0.05, 0) is 83.2 Å². The van der Waals surface area contributed by atoms with Crippen molar-refractivity contribution in [2.45, 2.75) is 13.5 Å². The number of nitrogens with zero attached hydrogens (tertiary/aromatic N) is 1. The van der Waals surface area contributed by atoms with Crippen LogP contribution < -0.4 is 14.8 Å². The highest BCUT2D eigenvalue weighted by Crippen LogP contribution is 2.35. The molecule has 0 radical (unpaired) electrons. The van der Waals surface area contributed by atoms with E-state index in [2.05, 4.69) is 27.9 Å². The number of halogens is 2. The Hall–Kier alpha value is -2.53. The second-order valence-corrected chi connectivity index (χ2v) is 7.91. The van der Waals surface area contributed by atoms with Crippen LogP contribution in [0.3, 0.4) is 0 Å². The Morgan fingerprint density at radius 2 is 1.90 bits per heavy atom. The first-order chi connectivity index (χ1) is 14.3. The zero-order valence-corrected chi connectivity index (χ0v) is 19.2. The van der Waals surface area contributed by atoms with Crippen molar-refractivity contribution in [2.24, 2.45) is 0 Å². The smallest absolute Gasteiger partial charge is 0.265 e. The number of benzene rings is 2. The van der Waals surface area contributed by atoms with E-state index in [4.69, 9.17) is 21.7 Å². The summed E-state index contributed by atoms with van der Waals surface area (Å²) in [5.74, 6) is -0.331. The average Bonchev–Trinajstić information content (AvgIpc) is 2.70. The molecule has 2 aromatic carbocycles. The van der Waals surface area contributed by atoms with Gasteiger partial charge in [0.15, 0.2) is 16.6 Å². The molecule has 1 fully saturated rings. The molecular formula is C21H18FIN2O4S. The third-order valence-electron chi connectivity index (χ3n) is 4.24. The molecule has 0 unspecified atom stereocenters. The first kappa shape index (κ1) is 22.2. The highest BCUT2D eigenvalue weighted by Gasteiger charge is 2.30. The summed E-state index contributed by atoms with van der Waals surface area (Å²) in [5.41, 5.74) is 1.39. The minimum Gasteiger partial charge on any atom is -0.490 e. The summed E-state index contributed by atoms with van der Waals surface area (Å²) in [7, 11) is 1.50. The van der Waals surface area contributed by atoms with Gasteiger partial charge < -0.3 is 9.47 Å². The standard InChI is InChI=1S/C21H18FIN2O4S/c1-3-28-17-10-13(8-15-19(26)24-21(30)25(2)20(15)27)9-16(23)18(17)29-11-12-4-6-14(22)7-5-12/h4-10H,3,11H2,1-2H3,(H,24,26,30)/b15-8+. The van der Waals surface area contributed by atoms with Crippen molar-refractivity contribution in [3.05, 3.63) is 62.5 Å². The second kappa shape index (κ2) is 9.52. The van der Waals surface area contributed by atoms with Crippen molar-refractivity contribution >= 4 is 57.8 Å². The van der Waals surface area contributed by atoms with Crippen LogP contribution in [-0.2, 0) is 16.2 Å². The van der Waals surface area contributed by atoms with E-state index < -0.39 is 11.8 Å². The van der Waals surface area contributed by atoms with Gasteiger partial charge >= 0.3 is 0 Å². The van der Waals surface area contributed by atoms with E-state index in [1.165, 1.54) is 30.2 Å². The van der Waals surface area contributed by atoms with Gasteiger partial charge in [-0.3, -0.25) is 19.8 Å². The Morgan fingerprint density at radius 3 is 2.57 bits per heavy atom. The van der Waals surface area contributed by atoms with E-state index in [0.717, 1.165) is 9.13 Å². The fourth-order valence-electron chi connectivity index (χ4n) is 2.72. The number of carbonyl (C=O) groups is 2. The van der Waals surface area contributed by atoms with Crippen LogP contribution in [-0.4, -0.2) is 35.5 Å². The Bertz CT molecular complexity index is 1040. The monoisotopic (exact) mass is 540 g/mol. The molecule has 0 saturated carbocycles. The molecule has 0 aromatic heterocycles. The molecule has 2 aromatic rings. The molecule has 1 saturated heterocycles. The third-order valence-corrected chi connectivity index (χ3v) is 5.42. The molecule has 1 N–H and O–H groups in total. The van der Waals surface area contributed by atoms with Crippen LogP contribution in [0.15, 0.2) is 42.0 Å². The molecule has 0 atom stereocenters. The maximum atomic E-state index is 13.1. The second-order valence-electron chi connectivity index (χ2n) is 6.36. The predicted molar refractivity (Wildman–Crippen MR) is 123 cm³/mol. The van der Waals surface area contributed by atoms with Gasteiger partial charge in [0.1, 0.15) is 18.0 Å². The zero-order chi connectivity index (χ0) is 21.8. The van der Waals surface area contributed by atoms with Gasteiger partial charge in [-0.25, -0.2) is 4.39 Å². The van der Waals surface area contributed by atoms with E-state index in [1.807, 2.05) is 6.92 Å². The number of nitrogens with one attached hydrogen (secondary N) is 1. The first-order valence-electron chi connectivity index (χ1n) is 8.98. The maximum Gasteiger partial charge on any atom is 0.265 e. The minimum atomic E-state index is -0.548. The Labute approximate surface area is 192 Å². The molecule has 156 valence electrons. The molecular weight excluding hydrogens is 522 g/mol. The van der Waals surface area contributed by atoms with Gasteiger partial charge in [-0.1, -0.05) is 12.1 Å². The lowest BCUT2D eigenvalue weighted by atomic mass is 10.1. The number of carbonyl (C=O) groups excluding carboxylic acids is 2. The largest absolute Gasteiger partial charge is 0.490 e. The molecule has 0 aliphatic carbocycles. The summed E-state index contributed by atoms with van der Waals surface area (Å²) in [5, 5.41) is 2.55. The fraction of sp³-hybridized carbons (Fsp3) is 0.190. The number of ether oxygens (including phenoxy) is 2. The topological polar surface area (TPSA) is 67.9 Å². The number of hydrogen-bond acceptors (Lipinski definition) is 5. The molecule has 1 heterocycles. The van der Waals surface area contributed by atoms with Crippen molar-refractivity contribution < 1.29 is 23.5 Å². The van der Waals surface area contributed by atoms with Crippen LogP contribution in [0.2, 0.25) is 0 Å². The van der Waals surface area contributed by atoms with Gasteiger partial charge in [0.05, 0.1) is 10.2 Å². The molecule has 0 spiro atoms. The average molecular weight is 540 g/mol. The SMILES string of the molecule is CCOc1cc(/C=C2\C(=O)NC(=S)N(C)C2=O)cc(I)c1OCc1ccc(F)cc1. The van der Waals surface area contributed by atoms with Gasteiger partial charge in [0.25, 0.3) is 11.8 Å². The van der Waals surface area contributed by atoms with Crippen molar-refractivity contribution in [2.75, 3.05) is 13.7 Å². The van der Waals surface area contributed by atoms with E-state index in [0.29, 0.717) is 23.7 Å². The molecule has 6 nitrogen and oxygen atoms in total. The van der Waals surface area contributed by atoms with E-state index >= 15 is 0 Å². The van der Waals surface area contributed by atoms with Crippen molar-refractivity contribution in [1.29, 1.82) is 0 Å². The lowest BCUT2D eigenvalue weighted by molar-refractivity contribution is -0.128. The van der Waals surface area contributed by atoms with Crippen molar-refractivity contribution in [1.82, 2.24) is 10.2 Å². The first-order valence-corrected chi connectivity index (χ1v) is 10.5. The van der Waals surface area contributed by atoms with E-state index in [9.17, 15) is 14.0 Å². The summed E-state index contributed by atoms with van der Waals surface area (Å²) in [4.78, 5) is 25.8. The molecule has 1 aliphatic heterocycles. The molecule has 1 aliphatic rings. The number of likely N-dealkylation sites (N-methyl/N-ethyl adjacent to an activating group) is 1. The van der Waals surface area contributed by atoms with Crippen molar-refractivity contribution in [3.63, 3.8) is 0 Å². The third kappa shape index (κ3) is 4.96. The van der Waals surface area contributed by atoms with Gasteiger partial charge in [0, 0.05) is 7.05 Å². The fourth-order valence-corrected chi connectivity index (χ4v) is 3.68. The van der Waals surface area contributed by atoms with Gasteiger partial charge in [-0.15, -0.1) is 0 Å². The molecule has 9 heteroatoms. The zero-order valence-electron chi connectivity index (χ0n) is 16.2. The number of amides is 2. The molecule has 0 bridgehead atoms. The van der Waals surface area contributed by atoms with Crippen LogP contribution in [0.1, 0.15) is 18.1 Å². The molecule has 2 amide bonds. The normalized spacial score (nSPS) is 15.4. The van der Waals surface area contributed by atoms with Gasteiger partial charge in [0.2, 0.25) is 0 Å². The lowest BCUT2D eigenvalue weighted by Gasteiger charge is -2.25. The van der Waals surface area contributed by atoms with E-state index in [-0.39, 0.29) is 23.1 Å². The summed E-state index contributed by atoms with van der Waals surface area (Å²) < 4.78 is 25.5. The summed E-state index contributed by atoms with van der Waals surface area (Å²) >= 11 is 7.06. The Balaban J connectivity index is 1.90. The van der Waals surface area contributed by atoms with Crippen molar-refractivity contribution in [3.8, 4) is 11.5 Å². The number of thiocarbonyl (C=S) groups is 1. The van der Waals surface area contributed by atoms with Crippen LogP contribution in [0.4, 0.5) is 4.39 Å². The quantitative estimate of drug-likeness (QED) is 0.262. The highest BCUT2D eigenvalue weighted by atomic mass is 127. The molecule has 30 heavy (non-hydrogen) atoms.